The second kappa shape index (κ2) is 6.42. The molecule has 20 heavy (non-hydrogen) atoms. The fourth-order valence-corrected chi connectivity index (χ4v) is 2.65. The first-order chi connectivity index (χ1) is 9.70. The van der Waals surface area contributed by atoms with Gasteiger partial charge in [0.15, 0.2) is 0 Å². The van der Waals surface area contributed by atoms with Crippen molar-refractivity contribution in [2.24, 2.45) is 5.41 Å². The highest BCUT2D eigenvalue weighted by atomic mass is 16.5. The normalized spacial score (nSPS) is 17.6. The van der Waals surface area contributed by atoms with Gasteiger partial charge in [-0.25, -0.2) is 0 Å². The number of nitrogens with zero attached hydrogens (tertiary/aromatic N) is 1. The summed E-state index contributed by atoms with van der Waals surface area (Å²) in [6, 6.07) is 9.43. The molecule has 1 aliphatic rings. The second-order valence-electron chi connectivity index (χ2n) is 5.29. The zero-order valence-electron chi connectivity index (χ0n) is 11.8. The molecule has 1 aromatic carbocycles. The Hall–Kier alpha value is -2.02. The number of ether oxygens (including phenoxy) is 1. The van der Waals surface area contributed by atoms with E-state index >= 15 is 0 Å². The summed E-state index contributed by atoms with van der Waals surface area (Å²) >= 11 is 0. The van der Waals surface area contributed by atoms with Gasteiger partial charge in [-0.1, -0.05) is 25.7 Å². The minimum Gasteiger partial charge on any atom is -0.497 e. The number of hydrogen-bond donors (Lipinski definition) is 1. The van der Waals surface area contributed by atoms with Crippen molar-refractivity contribution in [1.82, 2.24) is 0 Å². The Kier molecular flexibility index (Phi) is 4.62. The van der Waals surface area contributed by atoms with Crippen molar-refractivity contribution in [2.75, 3.05) is 12.4 Å². The number of nitriles is 1. The Morgan fingerprint density at radius 3 is 2.30 bits per heavy atom. The van der Waals surface area contributed by atoms with Crippen molar-refractivity contribution in [3.05, 3.63) is 24.3 Å². The van der Waals surface area contributed by atoms with Crippen molar-refractivity contribution in [3.8, 4) is 11.8 Å². The minimum absolute atomic E-state index is 0.174. The van der Waals surface area contributed by atoms with Gasteiger partial charge in [0.05, 0.1) is 13.2 Å². The van der Waals surface area contributed by atoms with Crippen LogP contribution in [0.2, 0.25) is 0 Å². The number of carbonyl (C=O) groups is 1. The zero-order valence-corrected chi connectivity index (χ0v) is 11.8. The Bertz CT molecular complexity index is 494. The van der Waals surface area contributed by atoms with Gasteiger partial charge in [-0.2, -0.15) is 5.26 Å². The summed E-state index contributed by atoms with van der Waals surface area (Å²) in [5.74, 6) is 0.569. The largest absolute Gasteiger partial charge is 0.497 e. The summed E-state index contributed by atoms with van der Waals surface area (Å²) in [5.41, 5.74) is -0.161. The molecule has 0 spiro atoms. The predicted octanol–water partition coefficient (Wildman–Crippen LogP) is 3.50. The third-order valence-corrected chi connectivity index (χ3v) is 3.95. The zero-order chi connectivity index (χ0) is 14.4. The Balaban J connectivity index is 2.10. The van der Waals surface area contributed by atoms with Crippen LogP contribution in [0.25, 0.3) is 0 Å². The van der Waals surface area contributed by atoms with Crippen molar-refractivity contribution in [1.29, 1.82) is 5.26 Å². The third kappa shape index (κ3) is 3.11. The molecule has 0 bridgehead atoms. The molecule has 1 aromatic rings. The van der Waals surface area contributed by atoms with Gasteiger partial charge >= 0.3 is 0 Å². The number of carbonyl (C=O) groups excluding carboxylic acids is 1. The van der Waals surface area contributed by atoms with Gasteiger partial charge in [0.1, 0.15) is 11.2 Å². The molecule has 1 saturated carbocycles. The molecule has 106 valence electrons. The van der Waals surface area contributed by atoms with Crippen molar-refractivity contribution >= 4 is 11.6 Å². The predicted molar refractivity (Wildman–Crippen MR) is 77.4 cm³/mol. The monoisotopic (exact) mass is 272 g/mol. The molecule has 1 N–H and O–H groups in total. The quantitative estimate of drug-likeness (QED) is 0.857. The number of rotatable bonds is 3. The van der Waals surface area contributed by atoms with E-state index in [4.69, 9.17) is 4.74 Å². The van der Waals surface area contributed by atoms with Gasteiger partial charge in [-0.3, -0.25) is 4.79 Å². The SMILES string of the molecule is COc1ccc(NC(=O)C2(C#N)CCCCCC2)cc1. The van der Waals surface area contributed by atoms with Crippen LogP contribution in [-0.2, 0) is 4.79 Å². The van der Waals surface area contributed by atoms with Crippen molar-refractivity contribution in [3.63, 3.8) is 0 Å². The Labute approximate surface area is 119 Å². The third-order valence-electron chi connectivity index (χ3n) is 3.95. The standard InChI is InChI=1S/C16H20N2O2/c1-20-14-8-6-13(7-9-14)18-15(19)16(12-17)10-4-2-3-5-11-16/h6-9H,2-5,10-11H2,1H3,(H,18,19). The fraction of sp³-hybridized carbons (Fsp3) is 0.500. The number of anilines is 1. The van der Waals surface area contributed by atoms with E-state index in [9.17, 15) is 10.1 Å². The molecule has 0 heterocycles. The first-order valence-electron chi connectivity index (χ1n) is 7.07. The minimum atomic E-state index is -0.865. The van der Waals surface area contributed by atoms with E-state index in [1.807, 2.05) is 0 Å². The van der Waals surface area contributed by atoms with Crippen LogP contribution >= 0.6 is 0 Å². The maximum Gasteiger partial charge on any atom is 0.244 e. The lowest BCUT2D eigenvalue weighted by Crippen LogP contribution is -2.34. The second-order valence-corrected chi connectivity index (χ2v) is 5.29. The van der Waals surface area contributed by atoms with E-state index < -0.39 is 5.41 Å². The van der Waals surface area contributed by atoms with Crippen LogP contribution in [0, 0.1) is 16.7 Å². The molecule has 0 aliphatic heterocycles. The van der Waals surface area contributed by atoms with Crippen LogP contribution in [0.1, 0.15) is 38.5 Å². The lowest BCUT2D eigenvalue weighted by molar-refractivity contribution is -0.123. The molecule has 0 aromatic heterocycles. The molecule has 0 saturated heterocycles. The molecule has 0 atom stereocenters. The van der Waals surface area contributed by atoms with Gasteiger partial charge in [0, 0.05) is 5.69 Å². The summed E-state index contributed by atoms with van der Waals surface area (Å²) in [6.45, 7) is 0. The van der Waals surface area contributed by atoms with Gasteiger partial charge < -0.3 is 10.1 Å². The molecule has 2 rings (SSSR count). The topological polar surface area (TPSA) is 62.1 Å². The molecule has 1 fully saturated rings. The number of nitrogens with one attached hydrogen (secondary N) is 1. The highest BCUT2D eigenvalue weighted by Crippen LogP contribution is 2.35. The maximum absolute atomic E-state index is 12.5. The van der Waals surface area contributed by atoms with Crippen LogP contribution in [0.4, 0.5) is 5.69 Å². The van der Waals surface area contributed by atoms with Gasteiger partial charge in [-0.15, -0.1) is 0 Å². The fourth-order valence-electron chi connectivity index (χ4n) is 2.65. The number of methoxy groups -OCH3 is 1. The van der Waals surface area contributed by atoms with Gasteiger partial charge in [-0.05, 0) is 37.1 Å². The van der Waals surface area contributed by atoms with E-state index in [0.717, 1.165) is 31.4 Å². The molecular formula is C16H20N2O2. The average molecular weight is 272 g/mol. The summed E-state index contributed by atoms with van der Waals surface area (Å²) in [4.78, 5) is 12.5. The molecule has 4 nitrogen and oxygen atoms in total. The average Bonchev–Trinajstić information content (AvgIpc) is 2.74. The summed E-state index contributed by atoms with van der Waals surface area (Å²) in [7, 11) is 1.60. The Morgan fingerprint density at radius 1 is 1.20 bits per heavy atom. The van der Waals surface area contributed by atoms with Crippen LogP contribution in [-0.4, -0.2) is 13.0 Å². The highest BCUT2D eigenvalue weighted by Gasteiger charge is 2.38. The molecule has 0 unspecified atom stereocenters. The molecular weight excluding hydrogens is 252 g/mol. The first kappa shape index (κ1) is 14.4. The number of amides is 1. The smallest absolute Gasteiger partial charge is 0.244 e. The van der Waals surface area contributed by atoms with Crippen LogP contribution < -0.4 is 10.1 Å². The van der Waals surface area contributed by atoms with E-state index in [-0.39, 0.29) is 5.91 Å². The van der Waals surface area contributed by atoms with Crippen LogP contribution in [0.3, 0.4) is 0 Å². The van der Waals surface area contributed by atoms with Gasteiger partial charge in [0.25, 0.3) is 0 Å². The maximum atomic E-state index is 12.5. The molecule has 0 radical (unpaired) electrons. The van der Waals surface area contributed by atoms with Crippen LogP contribution in [0.15, 0.2) is 24.3 Å². The van der Waals surface area contributed by atoms with E-state index in [0.29, 0.717) is 18.5 Å². The lowest BCUT2D eigenvalue weighted by atomic mass is 9.81. The number of benzene rings is 1. The summed E-state index contributed by atoms with van der Waals surface area (Å²) in [5, 5.41) is 12.3. The van der Waals surface area contributed by atoms with Crippen molar-refractivity contribution in [2.45, 2.75) is 38.5 Å². The Morgan fingerprint density at radius 2 is 1.80 bits per heavy atom. The lowest BCUT2D eigenvalue weighted by Gasteiger charge is -2.23. The van der Waals surface area contributed by atoms with E-state index in [1.165, 1.54) is 0 Å². The van der Waals surface area contributed by atoms with Gasteiger partial charge in [0.2, 0.25) is 5.91 Å². The number of hydrogen-bond acceptors (Lipinski definition) is 3. The summed E-state index contributed by atoms with van der Waals surface area (Å²) in [6.07, 6.45) is 5.43. The first-order valence-corrected chi connectivity index (χ1v) is 7.07. The summed E-state index contributed by atoms with van der Waals surface area (Å²) < 4.78 is 5.08. The highest BCUT2D eigenvalue weighted by molar-refractivity contribution is 5.97. The molecule has 1 amide bonds. The molecule has 4 heteroatoms. The van der Waals surface area contributed by atoms with E-state index in [1.54, 1.807) is 31.4 Å². The van der Waals surface area contributed by atoms with Crippen LogP contribution in [0.5, 0.6) is 5.75 Å². The molecule has 1 aliphatic carbocycles. The van der Waals surface area contributed by atoms with Crippen molar-refractivity contribution < 1.29 is 9.53 Å². The van der Waals surface area contributed by atoms with E-state index in [2.05, 4.69) is 11.4 Å².